The molecule has 6 rings (SSSR count). The van der Waals surface area contributed by atoms with Crippen LogP contribution < -0.4 is 5.32 Å². The van der Waals surface area contributed by atoms with Gasteiger partial charge in [-0.25, -0.2) is 8.78 Å². The molecule has 13 heteroatoms. The van der Waals surface area contributed by atoms with Crippen molar-refractivity contribution in [1.29, 1.82) is 0 Å². The summed E-state index contributed by atoms with van der Waals surface area (Å²) in [5, 5.41) is 11.7. The number of carbonyl (C=O) groups is 4. The number of nitrogens with zero attached hydrogens (tertiary/aromatic N) is 4. The summed E-state index contributed by atoms with van der Waals surface area (Å²) < 4.78 is 24.9. The monoisotopic (exact) mass is 695 g/mol. The van der Waals surface area contributed by atoms with E-state index < -0.39 is 23.3 Å². The number of alkyl halides is 2. The highest BCUT2D eigenvalue weighted by atomic mass is 32.1. The Kier molecular flexibility index (Phi) is 10.6. The number of hydrogen-bond donors (Lipinski definition) is 2. The van der Waals surface area contributed by atoms with Crippen molar-refractivity contribution in [2.75, 3.05) is 45.9 Å². The number of aliphatic hydroxyl groups is 1. The van der Waals surface area contributed by atoms with Crippen LogP contribution in [0.5, 0.6) is 0 Å². The van der Waals surface area contributed by atoms with Crippen LogP contribution in [0.1, 0.15) is 97.1 Å². The fourth-order valence-corrected chi connectivity index (χ4v) is 8.29. The Hall–Kier alpha value is -2.67. The third kappa shape index (κ3) is 8.03. The summed E-state index contributed by atoms with van der Waals surface area (Å²) in [5.41, 5.74) is 1.41. The van der Waals surface area contributed by atoms with E-state index in [1.165, 1.54) is 11.3 Å². The maximum atomic E-state index is 13.8. The van der Waals surface area contributed by atoms with Crippen LogP contribution in [0.25, 0.3) is 0 Å². The van der Waals surface area contributed by atoms with Crippen molar-refractivity contribution in [3.05, 3.63) is 16.6 Å². The van der Waals surface area contributed by atoms with Gasteiger partial charge in [-0.15, -0.1) is 11.3 Å². The summed E-state index contributed by atoms with van der Waals surface area (Å²) in [6.07, 6.45) is 5.72. The largest absolute Gasteiger partial charge is 0.396 e. The maximum Gasteiger partial charge on any atom is 0.265 e. The molecule has 1 aromatic heterocycles. The number of aromatic nitrogens is 1. The average molecular weight is 696 g/mol. The molecule has 0 radical (unpaired) electrons. The number of nitrogens with one attached hydrogen (secondary N) is 1. The first kappa shape index (κ1) is 36.6. The molecule has 2 N–H and O–H groups in total. The summed E-state index contributed by atoms with van der Waals surface area (Å²) in [5.74, 6) is -2.96. The van der Waals surface area contributed by atoms with Crippen LogP contribution in [0.4, 0.5) is 8.78 Å². The molecular formula is C35H55F2N5O5S. The number of thiazole rings is 1. The van der Waals surface area contributed by atoms with Gasteiger partial charge in [-0.1, -0.05) is 34.6 Å². The van der Waals surface area contributed by atoms with Crippen LogP contribution in [0.2, 0.25) is 0 Å². The van der Waals surface area contributed by atoms with Crippen LogP contribution in [-0.4, -0.2) is 106 Å². The van der Waals surface area contributed by atoms with Gasteiger partial charge in [0.1, 0.15) is 10.9 Å². The van der Waals surface area contributed by atoms with Gasteiger partial charge in [-0.05, 0) is 55.3 Å². The van der Waals surface area contributed by atoms with Gasteiger partial charge in [-0.3, -0.25) is 24.2 Å². The third-order valence-electron chi connectivity index (χ3n) is 11.6. The summed E-state index contributed by atoms with van der Waals surface area (Å²) in [4.78, 5) is 63.4. The molecule has 0 bridgehead atoms. The van der Waals surface area contributed by atoms with Crippen molar-refractivity contribution in [2.24, 2.45) is 34.0 Å². The second-order valence-electron chi connectivity index (χ2n) is 16.3. The quantitative estimate of drug-likeness (QED) is 0.427. The number of rotatable bonds is 7. The molecule has 2 saturated carbocycles. The molecule has 5 aliphatic rings. The molecule has 2 aliphatic carbocycles. The van der Waals surface area contributed by atoms with Crippen molar-refractivity contribution in [3.8, 4) is 0 Å². The van der Waals surface area contributed by atoms with E-state index in [1.807, 2.05) is 16.7 Å². The van der Waals surface area contributed by atoms with E-state index >= 15 is 0 Å². The lowest BCUT2D eigenvalue weighted by molar-refractivity contribution is -0.152. The summed E-state index contributed by atoms with van der Waals surface area (Å²) in [7, 11) is 0. The Labute approximate surface area is 288 Å². The number of halogens is 2. The van der Waals surface area contributed by atoms with Gasteiger partial charge >= 0.3 is 0 Å². The van der Waals surface area contributed by atoms with Crippen LogP contribution >= 0.6 is 11.3 Å². The molecule has 5 fully saturated rings. The summed E-state index contributed by atoms with van der Waals surface area (Å²) in [6.45, 7) is 13.7. The summed E-state index contributed by atoms with van der Waals surface area (Å²) >= 11 is 1.29. The van der Waals surface area contributed by atoms with Gasteiger partial charge in [0.2, 0.25) is 23.6 Å². The first-order chi connectivity index (χ1) is 22.5. The van der Waals surface area contributed by atoms with Crippen LogP contribution in [0, 0.1) is 34.0 Å². The van der Waals surface area contributed by atoms with Crippen LogP contribution in [0.15, 0.2) is 11.7 Å². The Morgan fingerprint density at radius 2 is 1.60 bits per heavy atom. The molecule has 3 aliphatic heterocycles. The Balaban J connectivity index is 0.000000424. The fraction of sp³-hybridized carbons (Fsp3) is 0.800. The van der Waals surface area contributed by atoms with Gasteiger partial charge in [0, 0.05) is 71.5 Å². The van der Waals surface area contributed by atoms with Gasteiger partial charge in [-0.2, -0.15) is 0 Å². The standard InChI is InChI=1S/C28H41N5O4S.C7H12F2O.H2/c1-6-20(24(36)31-9-7-26(2,3)8-10-31)30-22(34)19-13-32(25(37)21-12-29-17-38-21)14-28(19)15-33(16-28)23(35)18-11-27(18,4)5;8-7(9)3-1-6(5-10)2-4-7;/h12,17-20H,6-11,13-16H2,1-5H3,(H,30,34);6,10H,1-5H2;1H/t18-,19+,20+;;/m1../s1. The zero-order chi connectivity index (χ0) is 35.1. The minimum Gasteiger partial charge on any atom is -0.396 e. The van der Waals surface area contributed by atoms with Crippen molar-refractivity contribution >= 4 is 35.0 Å². The Morgan fingerprint density at radius 3 is 2.12 bits per heavy atom. The van der Waals surface area contributed by atoms with E-state index in [9.17, 15) is 28.0 Å². The highest BCUT2D eigenvalue weighted by molar-refractivity contribution is 7.11. The molecule has 48 heavy (non-hydrogen) atoms. The summed E-state index contributed by atoms with van der Waals surface area (Å²) in [6, 6.07) is -0.586. The minimum atomic E-state index is -2.45. The van der Waals surface area contributed by atoms with Crippen molar-refractivity contribution in [1.82, 2.24) is 25.0 Å². The van der Waals surface area contributed by atoms with E-state index in [0.29, 0.717) is 56.9 Å². The van der Waals surface area contributed by atoms with Gasteiger partial charge < -0.3 is 25.1 Å². The number of aliphatic hydroxyl groups excluding tert-OH is 1. The van der Waals surface area contributed by atoms with Crippen molar-refractivity contribution in [2.45, 2.75) is 97.9 Å². The smallest absolute Gasteiger partial charge is 0.265 e. The van der Waals surface area contributed by atoms with Gasteiger partial charge in [0.25, 0.3) is 5.91 Å². The molecule has 1 spiro atoms. The first-order valence-corrected chi connectivity index (χ1v) is 18.4. The maximum absolute atomic E-state index is 13.8. The molecule has 0 unspecified atom stereocenters. The molecule has 10 nitrogen and oxygen atoms in total. The molecule has 4 heterocycles. The zero-order valence-electron chi connectivity index (χ0n) is 29.1. The van der Waals surface area contributed by atoms with Gasteiger partial charge in [0.15, 0.2) is 0 Å². The molecule has 270 valence electrons. The molecular weight excluding hydrogens is 640 g/mol. The second-order valence-corrected chi connectivity index (χ2v) is 17.2. The topological polar surface area (TPSA) is 123 Å². The van der Waals surface area contributed by atoms with Gasteiger partial charge in [0.05, 0.1) is 17.6 Å². The number of carbonyl (C=O) groups excluding carboxylic acids is 4. The Bertz CT molecular complexity index is 1340. The molecule has 1 aromatic rings. The lowest BCUT2D eigenvalue weighted by Crippen LogP contribution is -2.65. The molecule has 0 aromatic carbocycles. The van der Waals surface area contributed by atoms with Crippen molar-refractivity contribution in [3.63, 3.8) is 0 Å². The van der Waals surface area contributed by atoms with E-state index in [4.69, 9.17) is 5.11 Å². The lowest BCUT2D eigenvalue weighted by atomic mass is 9.70. The highest BCUT2D eigenvalue weighted by Gasteiger charge is 2.62. The van der Waals surface area contributed by atoms with Crippen LogP contribution in [-0.2, 0) is 14.4 Å². The minimum absolute atomic E-state index is 0. The second kappa shape index (κ2) is 13.9. The Morgan fingerprint density at radius 1 is 1.00 bits per heavy atom. The zero-order valence-corrected chi connectivity index (χ0v) is 29.9. The molecule has 3 atom stereocenters. The SMILES string of the molecule is CC[C@H](NC(=O)[C@@H]1CN(C(=O)c2cncs2)CC12CN(C(=O)[C@H]1CC1(C)C)C2)C(=O)N1CCC(C)(C)CC1.OCC1CCC(F)(F)CC1.[HH]. The predicted octanol–water partition coefficient (Wildman–Crippen LogP) is 4.68. The van der Waals surface area contributed by atoms with Crippen molar-refractivity contribution < 1.29 is 34.5 Å². The van der Waals surface area contributed by atoms with E-state index in [1.54, 1.807) is 16.6 Å². The third-order valence-corrected chi connectivity index (χ3v) is 12.3. The number of hydrogen-bond acceptors (Lipinski definition) is 7. The average Bonchev–Trinajstić information content (AvgIpc) is 3.39. The lowest BCUT2D eigenvalue weighted by Gasteiger charge is -2.50. The predicted molar refractivity (Wildman–Crippen MR) is 180 cm³/mol. The normalized spacial score (nSPS) is 27.4. The number of likely N-dealkylation sites (tertiary alicyclic amines) is 3. The molecule has 4 amide bonds. The fourth-order valence-electron chi connectivity index (χ4n) is 7.71. The number of piperidine rings is 1. The van der Waals surface area contributed by atoms with E-state index in [-0.39, 0.29) is 73.7 Å². The highest BCUT2D eigenvalue weighted by Crippen LogP contribution is 2.54. The number of amides is 4. The van der Waals surface area contributed by atoms with E-state index in [2.05, 4.69) is 38.0 Å². The van der Waals surface area contributed by atoms with E-state index in [0.717, 1.165) is 19.3 Å². The first-order valence-electron chi connectivity index (χ1n) is 17.5. The van der Waals surface area contributed by atoms with Crippen LogP contribution in [0.3, 0.4) is 0 Å². The molecule has 3 saturated heterocycles.